The van der Waals surface area contributed by atoms with Gasteiger partial charge in [-0.15, -0.1) is 0 Å². The third-order valence-electron chi connectivity index (χ3n) is 3.37. The Hall–Kier alpha value is -1.75. The van der Waals surface area contributed by atoms with Crippen LogP contribution in [-0.2, 0) is 9.59 Å². The van der Waals surface area contributed by atoms with Gasteiger partial charge in [-0.1, -0.05) is 31.4 Å². The molecule has 5 nitrogen and oxygen atoms in total. The average Bonchev–Trinajstić information content (AvgIpc) is 2.43. The van der Waals surface area contributed by atoms with Gasteiger partial charge in [0.2, 0.25) is 0 Å². The first-order valence-electron chi connectivity index (χ1n) is 7.02. The highest BCUT2D eigenvalue weighted by Gasteiger charge is 2.35. The van der Waals surface area contributed by atoms with Crippen molar-refractivity contribution >= 4 is 29.2 Å². The number of rotatable bonds is 6. The summed E-state index contributed by atoms with van der Waals surface area (Å²) in [6.45, 7) is 2.62. The second-order valence-corrected chi connectivity index (χ2v) is 5.45. The Labute approximate surface area is 128 Å². The van der Waals surface area contributed by atoms with Crippen molar-refractivity contribution in [3.8, 4) is 5.75 Å². The van der Waals surface area contributed by atoms with E-state index in [0.29, 0.717) is 23.0 Å². The molecule has 0 aliphatic carbocycles. The van der Waals surface area contributed by atoms with Crippen molar-refractivity contribution in [3.05, 3.63) is 23.2 Å². The lowest BCUT2D eigenvalue weighted by molar-refractivity contribution is -0.142. The number of amides is 1. The number of unbranched alkanes of at least 4 members (excludes halogenated alkanes) is 2. The lowest BCUT2D eigenvalue weighted by Gasteiger charge is -2.34. The van der Waals surface area contributed by atoms with Crippen LogP contribution in [0.15, 0.2) is 18.2 Å². The van der Waals surface area contributed by atoms with Gasteiger partial charge in [0.05, 0.1) is 12.1 Å². The first-order chi connectivity index (χ1) is 10.0. The maximum atomic E-state index is 12.4. The summed E-state index contributed by atoms with van der Waals surface area (Å²) in [4.78, 5) is 24.9. The second-order valence-electron chi connectivity index (χ2n) is 5.01. The molecule has 0 radical (unpaired) electrons. The molecule has 1 unspecified atom stereocenters. The van der Waals surface area contributed by atoms with Crippen LogP contribution in [0.4, 0.5) is 5.69 Å². The SMILES string of the molecule is CCCCCN1C(=O)C(CC(=O)O)Oc2ccc(Cl)cc21. The summed E-state index contributed by atoms with van der Waals surface area (Å²) < 4.78 is 5.52. The predicted molar refractivity (Wildman–Crippen MR) is 80.0 cm³/mol. The number of aliphatic carboxylic acids is 1. The van der Waals surface area contributed by atoms with E-state index in [4.69, 9.17) is 21.4 Å². The summed E-state index contributed by atoms with van der Waals surface area (Å²) in [5.41, 5.74) is 0.616. The minimum Gasteiger partial charge on any atom is -0.481 e. The third kappa shape index (κ3) is 3.67. The summed E-state index contributed by atoms with van der Waals surface area (Å²) in [7, 11) is 0. The van der Waals surface area contributed by atoms with Crippen molar-refractivity contribution in [1.29, 1.82) is 0 Å². The maximum absolute atomic E-state index is 12.4. The quantitative estimate of drug-likeness (QED) is 0.820. The molecule has 0 saturated heterocycles. The van der Waals surface area contributed by atoms with E-state index in [0.717, 1.165) is 19.3 Å². The first-order valence-corrected chi connectivity index (χ1v) is 7.40. The van der Waals surface area contributed by atoms with Crippen LogP contribution in [0.1, 0.15) is 32.6 Å². The summed E-state index contributed by atoms with van der Waals surface area (Å²) >= 11 is 5.98. The van der Waals surface area contributed by atoms with E-state index in [-0.39, 0.29) is 12.3 Å². The van der Waals surface area contributed by atoms with Gasteiger partial charge in [-0.05, 0) is 24.6 Å². The fourth-order valence-electron chi connectivity index (χ4n) is 2.34. The Kier molecular flexibility index (Phi) is 5.07. The Balaban J connectivity index is 2.28. The number of carbonyl (C=O) groups excluding carboxylic acids is 1. The third-order valence-corrected chi connectivity index (χ3v) is 3.60. The van der Waals surface area contributed by atoms with Crippen molar-refractivity contribution in [3.63, 3.8) is 0 Å². The van der Waals surface area contributed by atoms with Gasteiger partial charge < -0.3 is 14.7 Å². The fourth-order valence-corrected chi connectivity index (χ4v) is 2.50. The van der Waals surface area contributed by atoms with Crippen LogP contribution in [0, 0.1) is 0 Å². The van der Waals surface area contributed by atoms with Crippen molar-refractivity contribution in [1.82, 2.24) is 0 Å². The molecule has 1 aliphatic rings. The molecule has 1 amide bonds. The molecule has 21 heavy (non-hydrogen) atoms. The van der Waals surface area contributed by atoms with Gasteiger partial charge in [0.1, 0.15) is 5.75 Å². The molecule has 0 spiro atoms. The lowest BCUT2D eigenvalue weighted by Crippen LogP contribution is -2.47. The number of anilines is 1. The van der Waals surface area contributed by atoms with E-state index in [1.807, 2.05) is 0 Å². The van der Waals surface area contributed by atoms with E-state index < -0.39 is 12.1 Å². The Morgan fingerprint density at radius 1 is 1.43 bits per heavy atom. The number of hydrogen-bond acceptors (Lipinski definition) is 3. The zero-order chi connectivity index (χ0) is 15.4. The molecule has 6 heteroatoms. The Morgan fingerprint density at radius 2 is 2.19 bits per heavy atom. The van der Waals surface area contributed by atoms with Gasteiger partial charge >= 0.3 is 5.97 Å². The molecule has 1 atom stereocenters. The molecule has 1 aliphatic heterocycles. The van der Waals surface area contributed by atoms with Crippen LogP contribution in [0.5, 0.6) is 5.75 Å². The number of carboxylic acid groups (broad SMARTS) is 1. The number of ether oxygens (including phenoxy) is 1. The summed E-state index contributed by atoms with van der Waals surface area (Å²) in [6, 6.07) is 5.02. The minimum absolute atomic E-state index is 0.316. The van der Waals surface area contributed by atoms with E-state index in [2.05, 4.69) is 6.92 Å². The molecule has 0 bridgehead atoms. The molecular weight excluding hydrogens is 294 g/mol. The van der Waals surface area contributed by atoms with Crippen molar-refractivity contribution in [2.75, 3.05) is 11.4 Å². The van der Waals surface area contributed by atoms with Gasteiger partial charge in [-0.25, -0.2) is 0 Å². The molecule has 0 fully saturated rings. The summed E-state index contributed by atoms with van der Waals surface area (Å²) in [6.07, 6.45) is 1.58. The van der Waals surface area contributed by atoms with E-state index in [1.54, 1.807) is 23.1 Å². The average molecular weight is 312 g/mol. The van der Waals surface area contributed by atoms with Gasteiger partial charge in [0.15, 0.2) is 6.10 Å². The highest BCUT2D eigenvalue weighted by atomic mass is 35.5. The standard InChI is InChI=1S/C15H18ClNO4/c1-2-3-4-7-17-11-8-10(16)5-6-12(11)21-13(15(17)20)9-14(18)19/h5-6,8,13H,2-4,7,9H2,1H3,(H,18,19). The smallest absolute Gasteiger partial charge is 0.307 e. The van der Waals surface area contributed by atoms with E-state index in [1.165, 1.54) is 0 Å². The van der Waals surface area contributed by atoms with Crippen LogP contribution in [-0.4, -0.2) is 29.6 Å². The molecule has 1 N–H and O–H groups in total. The number of hydrogen-bond donors (Lipinski definition) is 1. The predicted octanol–water partition coefficient (Wildman–Crippen LogP) is 3.10. The number of carbonyl (C=O) groups is 2. The normalized spacial score (nSPS) is 17.3. The largest absolute Gasteiger partial charge is 0.481 e. The van der Waals surface area contributed by atoms with Crippen LogP contribution in [0.3, 0.4) is 0 Å². The maximum Gasteiger partial charge on any atom is 0.307 e. The van der Waals surface area contributed by atoms with E-state index >= 15 is 0 Å². The number of halogens is 1. The van der Waals surface area contributed by atoms with Gasteiger partial charge in [0, 0.05) is 11.6 Å². The van der Waals surface area contributed by atoms with E-state index in [9.17, 15) is 9.59 Å². The monoisotopic (exact) mass is 311 g/mol. The molecule has 114 valence electrons. The number of fused-ring (bicyclic) bond motifs is 1. The molecule has 1 aromatic carbocycles. The van der Waals surface area contributed by atoms with Crippen molar-refractivity contribution in [2.45, 2.75) is 38.7 Å². The van der Waals surface area contributed by atoms with Crippen molar-refractivity contribution < 1.29 is 19.4 Å². The number of nitrogens with zero attached hydrogens (tertiary/aromatic N) is 1. The van der Waals surface area contributed by atoms with Crippen LogP contribution >= 0.6 is 11.6 Å². The second kappa shape index (κ2) is 6.80. The van der Waals surface area contributed by atoms with Crippen LogP contribution in [0.25, 0.3) is 0 Å². The molecular formula is C15H18ClNO4. The van der Waals surface area contributed by atoms with Gasteiger partial charge in [-0.3, -0.25) is 9.59 Å². The summed E-state index contributed by atoms with van der Waals surface area (Å²) in [5.74, 6) is -0.871. The Morgan fingerprint density at radius 3 is 2.86 bits per heavy atom. The lowest BCUT2D eigenvalue weighted by atomic mass is 10.1. The molecule has 0 saturated carbocycles. The molecule has 1 aromatic rings. The highest BCUT2D eigenvalue weighted by Crippen LogP contribution is 2.37. The zero-order valence-corrected chi connectivity index (χ0v) is 12.6. The zero-order valence-electron chi connectivity index (χ0n) is 11.8. The Bertz CT molecular complexity index is 546. The molecule has 2 rings (SSSR count). The number of carboxylic acids is 1. The van der Waals surface area contributed by atoms with Gasteiger partial charge in [0.25, 0.3) is 5.91 Å². The molecule has 0 aromatic heterocycles. The minimum atomic E-state index is -1.06. The number of benzene rings is 1. The van der Waals surface area contributed by atoms with Crippen LogP contribution < -0.4 is 9.64 Å². The van der Waals surface area contributed by atoms with Crippen molar-refractivity contribution in [2.24, 2.45) is 0 Å². The summed E-state index contributed by atoms with van der Waals surface area (Å²) in [5, 5.41) is 9.42. The van der Waals surface area contributed by atoms with Crippen LogP contribution in [0.2, 0.25) is 5.02 Å². The topological polar surface area (TPSA) is 66.8 Å². The fraction of sp³-hybridized carbons (Fsp3) is 0.467. The first kappa shape index (κ1) is 15.6. The highest BCUT2D eigenvalue weighted by molar-refractivity contribution is 6.31. The van der Waals surface area contributed by atoms with Gasteiger partial charge in [-0.2, -0.15) is 0 Å². The molecule has 1 heterocycles.